The minimum Gasteiger partial charge on any atom is -0.375 e. The maximum absolute atomic E-state index is 13.2. The second kappa shape index (κ2) is 13.5. The van der Waals surface area contributed by atoms with Crippen LogP contribution in [0.3, 0.4) is 0 Å². The van der Waals surface area contributed by atoms with Crippen molar-refractivity contribution in [3.63, 3.8) is 0 Å². The molecule has 1 aromatic carbocycles. The Morgan fingerprint density at radius 2 is 1.80 bits per heavy atom. The predicted octanol–water partition coefficient (Wildman–Crippen LogP) is 4.48. The Morgan fingerprint density at radius 3 is 2.40 bits per heavy atom. The van der Waals surface area contributed by atoms with Crippen LogP contribution in [-0.4, -0.2) is 56.2 Å². The van der Waals surface area contributed by atoms with Gasteiger partial charge in [0.05, 0.1) is 6.54 Å². The first-order chi connectivity index (χ1) is 14.2. The molecule has 1 atom stereocenters. The van der Waals surface area contributed by atoms with Gasteiger partial charge in [-0.15, -0.1) is 24.0 Å². The number of methoxy groups -OCH3 is 1. The van der Waals surface area contributed by atoms with E-state index in [1.807, 2.05) is 0 Å². The van der Waals surface area contributed by atoms with Gasteiger partial charge in [0.15, 0.2) is 5.96 Å². The number of nitrogens with zero attached hydrogens (tertiary/aromatic N) is 2. The van der Waals surface area contributed by atoms with Gasteiger partial charge in [0, 0.05) is 38.8 Å². The van der Waals surface area contributed by atoms with Crippen LogP contribution in [0.2, 0.25) is 0 Å². The van der Waals surface area contributed by atoms with Gasteiger partial charge in [-0.3, -0.25) is 4.99 Å². The largest absolute Gasteiger partial charge is 0.375 e. The number of rotatable bonds is 7. The van der Waals surface area contributed by atoms with Crippen LogP contribution in [-0.2, 0) is 4.74 Å². The summed E-state index contributed by atoms with van der Waals surface area (Å²) in [5.74, 6) is 0.606. The van der Waals surface area contributed by atoms with Crippen LogP contribution < -0.4 is 10.6 Å². The van der Waals surface area contributed by atoms with Crippen LogP contribution in [0.4, 0.5) is 4.39 Å². The van der Waals surface area contributed by atoms with E-state index in [2.05, 4.69) is 22.5 Å². The number of nitrogens with one attached hydrogen (secondary N) is 2. The van der Waals surface area contributed by atoms with E-state index >= 15 is 0 Å². The number of aliphatic imine (C=N–C) groups is 1. The highest BCUT2D eigenvalue weighted by Gasteiger charge is 2.26. The Hall–Kier alpha value is -0.930. The summed E-state index contributed by atoms with van der Waals surface area (Å²) in [6.45, 7) is 5.76. The van der Waals surface area contributed by atoms with Gasteiger partial charge >= 0.3 is 0 Å². The summed E-state index contributed by atoms with van der Waals surface area (Å²) in [5, 5.41) is 6.97. The average molecular weight is 532 g/mol. The van der Waals surface area contributed by atoms with Crippen LogP contribution in [0.15, 0.2) is 29.3 Å². The SMILES string of the molecule is CCNC(=NCC(OC)c1ccc(F)cc1)NC1CCN(C2CCCCC2)CC1.I. The summed E-state index contributed by atoms with van der Waals surface area (Å²) in [6, 6.07) is 7.73. The maximum Gasteiger partial charge on any atom is 0.191 e. The van der Waals surface area contributed by atoms with E-state index in [0.717, 1.165) is 37.0 Å². The molecular weight excluding hydrogens is 494 g/mol. The molecule has 1 heterocycles. The molecular formula is C23H38FIN4O. The van der Waals surface area contributed by atoms with Gasteiger partial charge in [0.1, 0.15) is 11.9 Å². The Bertz CT molecular complexity index is 629. The molecule has 170 valence electrons. The van der Waals surface area contributed by atoms with E-state index in [4.69, 9.17) is 9.73 Å². The number of ether oxygens (including phenoxy) is 1. The standard InChI is InChI=1S/C23H37FN4O.HI/c1-3-25-23(26-17-22(29-2)18-9-11-19(24)12-10-18)27-20-13-15-28(16-14-20)21-7-5-4-6-8-21;/h9-12,20-22H,3-8,13-17H2,1-2H3,(H2,25,26,27);1H. The monoisotopic (exact) mass is 532 g/mol. The van der Waals surface area contributed by atoms with Gasteiger partial charge in [0.2, 0.25) is 0 Å². The molecule has 7 heteroatoms. The fourth-order valence-electron chi connectivity index (χ4n) is 4.54. The second-order valence-electron chi connectivity index (χ2n) is 8.24. The number of benzene rings is 1. The molecule has 5 nitrogen and oxygen atoms in total. The lowest BCUT2D eigenvalue weighted by molar-refractivity contribution is 0.110. The lowest BCUT2D eigenvalue weighted by Crippen LogP contribution is -2.51. The summed E-state index contributed by atoms with van der Waals surface area (Å²) in [6.07, 6.45) is 9.10. The second-order valence-corrected chi connectivity index (χ2v) is 8.24. The Labute approximate surface area is 198 Å². The molecule has 1 aromatic rings. The van der Waals surface area contributed by atoms with Gasteiger partial charge in [0.25, 0.3) is 0 Å². The van der Waals surface area contributed by atoms with Crippen molar-refractivity contribution in [2.24, 2.45) is 4.99 Å². The summed E-state index contributed by atoms with van der Waals surface area (Å²) in [4.78, 5) is 7.45. The summed E-state index contributed by atoms with van der Waals surface area (Å²) >= 11 is 0. The van der Waals surface area contributed by atoms with Crippen molar-refractivity contribution in [3.05, 3.63) is 35.6 Å². The van der Waals surface area contributed by atoms with Crippen LogP contribution in [0.25, 0.3) is 0 Å². The molecule has 1 aliphatic carbocycles. The van der Waals surface area contributed by atoms with Crippen molar-refractivity contribution in [1.29, 1.82) is 0 Å². The van der Waals surface area contributed by atoms with Crippen LogP contribution in [0.1, 0.15) is 63.5 Å². The molecule has 3 rings (SSSR count). The molecule has 0 bridgehead atoms. The fraction of sp³-hybridized carbons (Fsp3) is 0.696. The first-order valence-electron chi connectivity index (χ1n) is 11.3. The Balaban J connectivity index is 0.00000320. The zero-order chi connectivity index (χ0) is 20.5. The van der Waals surface area contributed by atoms with Crippen LogP contribution in [0.5, 0.6) is 0 Å². The number of piperidine rings is 1. The van der Waals surface area contributed by atoms with Crippen molar-refractivity contribution >= 4 is 29.9 Å². The van der Waals surface area contributed by atoms with Crippen molar-refractivity contribution in [3.8, 4) is 0 Å². The van der Waals surface area contributed by atoms with Gasteiger partial charge in [-0.25, -0.2) is 4.39 Å². The quantitative estimate of drug-likeness (QED) is 0.309. The molecule has 2 fully saturated rings. The van der Waals surface area contributed by atoms with E-state index in [0.29, 0.717) is 12.6 Å². The first-order valence-corrected chi connectivity index (χ1v) is 11.3. The first kappa shape index (κ1) is 25.3. The van der Waals surface area contributed by atoms with Crippen molar-refractivity contribution in [2.75, 3.05) is 33.3 Å². The highest BCUT2D eigenvalue weighted by Crippen LogP contribution is 2.25. The third-order valence-corrected chi connectivity index (χ3v) is 6.25. The highest BCUT2D eigenvalue weighted by molar-refractivity contribution is 14.0. The number of guanidine groups is 1. The van der Waals surface area contributed by atoms with Crippen molar-refractivity contribution < 1.29 is 9.13 Å². The van der Waals surface area contributed by atoms with E-state index in [9.17, 15) is 4.39 Å². The molecule has 30 heavy (non-hydrogen) atoms. The molecule has 0 aromatic heterocycles. The lowest BCUT2D eigenvalue weighted by atomic mass is 9.92. The number of likely N-dealkylation sites (tertiary alicyclic amines) is 1. The molecule has 0 spiro atoms. The summed E-state index contributed by atoms with van der Waals surface area (Å²) in [5.41, 5.74) is 0.939. The molecule has 1 aliphatic heterocycles. The normalized spacial score (nSPS) is 20.4. The molecule has 2 aliphatic rings. The van der Waals surface area contributed by atoms with Crippen LogP contribution in [0, 0.1) is 5.82 Å². The third-order valence-electron chi connectivity index (χ3n) is 6.25. The Kier molecular flexibility index (Phi) is 11.4. The topological polar surface area (TPSA) is 48.9 Å². The molecule has 0 radical (unpaired) electrons. The highest BCUT2D eigenvalue weighted by atomic mass is 127. The number of halogens is 2. The molecule has 1 saturated carbocycles. The van der Waals surface area contributed by atoms with Gasteiger partial charge in [-0.1, -0.05) is 31.4 Å². The van der Waals surface area contributed by atoms with Gasteiger partial charge < -0.3 is 20.3 Å². The van der Waals surface area contributed by atoms with E-state index in [-0.39, 0.29) is 35.9 Å². The fourth-order valence-corrected chi connectivity index (χ4v) is 4.54. The molecule has 0 amide bonds. The zero-order valence-corrected chi connectivity index (χ0v) is 20.7. The number of hydrogen-bond acceptors (Lipinski definition) is 3. The van der Waals surface area contributed by atoms with Crippen molar-refractivity contribution in [2.45, 2.75) is 70.1 Å². The molecule has 1 unspecified atom stereocenters. The Morgan fingerprint density at radius 1 is 1.13 bits per heavy atom. The minimum atomic E-state index is -0.235. The van der Waals surface area contributed by atoms with Crippen molar-refractivity contribution in [1.82, 2.24) is 15.5 Å². The lowest BCUT2D eigenvalue weighted by Gasteiger charge is -2.39. The minimum absolute atomic E-state index is 0. The maximum atomic E-state index is 13.2. The van der Waals surface area contributed by atoms with E-state index < -0.39 is 0 Å². The predicted molar refractivity (Wildman–Crippen MR) is 132 cm³/mol. The zero-order valence-electron chi connectivity index (χ0n) is 18.4. The van der Waals surface area contributed by atoms with Gasteiger partial charge in [-0.2, -0.15) is 0 Å². The van der Waals surface area contributed by atoms with E-state index in [1.54, 1.807) is 19.2 Å². The smallest absolute Gasteiger partial charge is 0.191 e. The van der Waals surface area contributed by atoms with Gasteiger partial charge in [-0.05, 0) is 50.3 Å². The van der Waals surface area contributed by atoms with E-state index in [1.165, 1.54) is 57.3 Å². The molecule has 2 N–H and O–H groups in total. The average Bonchev–Trinajstić information content (AvgIpc) is 2.76. The van der Waals surface area contributed by atoms with Crippen LogP contribution >= 0.6 is 24.0 Å². The third kappa shape index (κ3) is 7.64. The molecule has 1 saturated heterocycles. The number of hydrogen-bond donors (Lipinski definition) is 2. The summed E-state index contributed by atoms with van der Waals surface area (Å²) < 4.78 is 18.8. The summed E-state index contributed by atoms with van der Waals surface area (Å²) in [7, 11) is 1.67.